The van der Waals surface area contributed by atoms with Gasteiger partial charge in [-0.15, -0.1) is 0 Å². The number of benzene rings is 1. The van der Waals surface area contributed by atoms with Crippen molar-refractivity contribution in [1.29, 1.82) is 0 Å². The third-order valence-corrected chi connectivity index (χ3v) is 2.37. The molecule has 1 aromatic carbocycles. The molecule has 0 aliphatic rings. The number of amides is 1. The van der Waals surface area contributed by atoms with E-state index < -0.39 is 6.09 Å². The van der Waals surface area contributed by atoms with E-state index in [1.807, 2.05) is 18.2 Å². The molecule has 0 aliphatic heterocycles. The normalized spacial score (nSPS) is 10.0. The first-order valence-corrected chi connectivity index (χ1v) is 5.51. The summed E-state index contributed by atoms with van der Waals surface area (Å²) in [5.74, 6) is 1.43. The van der Waals surface area contributed by atoms with Crippen LogP contribution in [0.5, 0.6) is 5.75 Å². The SMILES string of the molecule is COC(=O)NCc1nc(-c2cccc(OC)c2)no1. The van der Waals surface area contributed by atoms with Gasteiger partial charge in [-0.05, 0) is 12.1 Å². The Balaban J connectivity index is 2.09. The second-order valence-electron chi connectivity index (χ2n) is 3.59. The van der Waals surface area contributed by atoms with Gasteiger partial charge in [0.15, 0.2) is 0 Å². The summed E-state index contributed by atoms with van der Waals surface area (Å²) in [7, 11) is 2.87. The minimum atomic E-state index is -0.555. The maximum absolute atomic E-state index is 10.9. The van der Waals surface area contributed by atoms with Crippen LogP contribution in [0.2, 0.25) is 0 Å². The van der Waals surface area contributed by atoms with Gasteiger partial charge in [0.25, 0.3) is 0 Å². The summed E-state index contributed by atoms with van der Waals surface area (Å²) in [5.41, 5.74) is 0.771. The maximum atomic E-state index is 10.9. The molecular formula is C12H13N3O4. The van der Waals surface area contributed by atoms with Crippen LogP contribution in [0.4, 0.5) is 4.79 Å². The fourth-order valence-electron chi connectivity index (χ4n) is 1.43. The van der Waals surface area contributed by atoms with Gasteiger partial charge in [-0.1, -0.05) is 17.3 Å². The first kappa shape index (κ1) is 12.9. The van der Waals surface area contributed by atoms with Crippen LogP contribution in [0.15, 0.2) is 28.8 Å². The van der Waals surface area contributed by atoms with Gasteiger partial charge in [0.05, 0.1) is 14.2 Å². The Hall–Kier alpha value is -2.57. The number of aromatic nitrogens is 2. The average molecular weight is 263 g/mol. The van der Waals surface area contributed by atoms with Gasteiger partial charge in [0, 0.05) is 5.56 Å². The van der Waals surface area contributed by atoms with Gasteiger partial charge in [0.2, 0.25) is 11.7 Å². The van der Waals surface area contributed by atoms with E-state index in [1.165, 1.54) is 7.11 Å². The first-order chi connectivity index (χ1) is 9.22. The summed E-state index contributed by atoms with van der Waals surface area (Å²) in [6, 6.07) is 7.29. The lowest BCUT2D eigenvalue weighted by Crippen LogP contribution is -2.22. The quantitative estimate of drug-likeness (QED) is 0.901. The lowest BCUT2D eigenvalue weighted by molar-refractivity contribution is 0.169. The summed E-state index contributed by atoms with van der Waals surface area (Å²) in [6.07, 6.45) is -0.555. The molecule has 0 saturated heterocycles. The molecule has 0 saturated carbocycles. The minimum absolute atomic E-state index is 0.115. The van der Waals surface area contributed by atoms with E-state index >= 15 is 0 Å². The number of nitrogens with one attached hydrogen (secondary N) is 1. The second kappa shape index (κ2) is 5.85. The van der Waals surface area contributed by atoms with Crippen LogP contribution < -0.4 is 10.1 Å². The average Bonchev–Trinajstić information content (AvgIpc) is 2.93. The van der Waals surface area contributed by atoms with Crippen molar-refractivity contribution in [2.75, 3.05) is 14.2 Å². The van der Waals surface area contributed by atoms with E-state index in [0.29, 0.717) is 17.5 Å². The summed E-state index contributed by atoms with van der Waals surface area (Å²) in [4.78, 5) is 15.1. The van der Waals surface area contributed by atoms with Crippen LogP contribution in [-0.2, 0) is 11.3 Å². The number of ether oxygens (including phenoxy) is 2. The predicted molar refractivity (Wildman–Crippen MR) is 65.5 cm³/mol. The molecule has 100 valence electrons. The molecule has 0 unspecified atom stereocenters. The molecule has 0 radical (unpaired) electrons. The van der Waals surface area contributed by atoms with Crippen molar-refractivity contribution in [1.82, 2.24) is 15.5 Å². The second-order valence-corrected chi connectivity index (χ2v) is 3.59. The monoisotopic (exact) mass is 263 g/mol. The zero-order valence-corrected chi connectivity index (χ0v) is 10.5. The molecule has 0 aliphatic carbocycles. The molecule has 0 atom stereocenters. The van der Waals surface area contributed by atoms with Gasteiger partial charge >= 0.3 is 6.09 Å². The lowest BCUT2D eigenvalue weighted by atomic mass is 10.2. The number of hydrogen-bond donors (Lipinski definition) is 1. The van der Waals surface area contributed by atoms with Gasteiger partial charge in [0.1, 0.15) is 12.3 Å². The topological polar surface area (TPSA) is 86.5 Å². The minimum Gasteiger partial charge on any atom is -0.497 e. The van der Waals surface area contributed by atoms with Gasteiger partial charge < -0.3 is 19.3 Å². The van der Waals surface area contributed by atoms with Crippen molar-refractivity contribution in [3.05, 3.63) is 30.2 Å². The Labute approximate surface area is 109 Å². The zero-order chi connectivity index (χ0) is 13.7. The Morgan fingerprint density at radius 3 is 3.00 bits per heavy atom. The van der Waals surface area contributed by atoms with Gasteiger partial charge in [-0.2, -0.15) is 4.98 Å². The van der Waals surface area contributed by atoms with Crippen LogP contribution in [0, 0.1) is 0 Å². The number of hydrogen-bond acceptors (Lipinski definition) is 6. The molecular weight excluding hydrogens is 250 g/mol. The highest BCUT2D eigenvalue weighted by Gasteiger charge is 2.10. The fourth-order valence-corrected chi connectivity index (χ4v) is 1.43. The molecule has 2 aromatic rings. The number of nitrogens with zero attached hydrogens (tertiary/aromatic N) is 2. The highest BCUT2D eigenvalue weighted by atomic mass is 16.5. The Kier molecular flexibility index (Phi) is 3.97. The Morgan fingerprint density at radius 1 is 1.42 bits per heavy atom. The predicted octanol–water partition coefficient (Wildman–Crippen LogP) is 1.60. The largest absolute Gasteiger partial charge is 0.497 e. The van der Waals surface area contributed by atoms with E-state index in [2.05, 4.69) is 20.2 Å². The third-order valence-electron chi connectivity index (χ3n) is 2.37. The zero-order valence-electron chi connectivity index (χ0n) is 10.5. The summed E-state index contributed by atoms with van der Waals surface area (Å²) >= 11 is 0. The number of alkyl carbamates (subject to hydrolysis) is 1. The molecule has 1 N–H and O–H groups in total. The van der Waals surface area contributed by atoms with Crippen molar-refractivity contribution < 1.29 is 18.8 Å². The summed E-state index contributed by atoms with van der Waals surface area (Å²) in [5, 5.41) is 6.29. The molecule has 7 nitrogen and oxygen atoms in total. The molecule has 0 spiro atoms. The van der Waals surface area contributed by atoms with Crippen molar-refractivity contribution in [3.63, 3.8) is 0 Å². The molecule has 1 amide bonds. The first-order valence-electron chi connectivity index (χ1n) is 5.51. The standard InChI is InChI=1S/C12H13N3O4/c1-17-9-5-3-4-8(6-9)11-14-10(19-15-11)7-13-12(16)18-2/h3-6H,7H2,1-2H3,(H,13,16). The van der Waals surface area contributed by atoms with Crippen LogP contribution in [0.3, 0.4) is 0 Å². The van der Waals surface area contributed by atoms with E-state index in [4.69, 9.17) is 9.26 Å². The van der Waals surface area contributed by atoms with Crippen molar-refractivity contribution >= 4 is 6.09 Å². The third kappa shape index (κ3) is 3.21. The van der Waals surface area contributed by atoms with E-state index in [9.17, 15) is 4.79 Å². The molecule has 2 rings (SSSR count). The maximum Gasteiger partial charge on any atom is 0.407 e. The molecule has 1 heterocycles. The van der Waals surface area contributed by atoms with Gasteiger partial charge in [-0.25, -0.2) is 4.79 Å². The summed E-state index contributed by atoms with van der Waals surface area (Å²) < 4.78 is 14.6. The highest BCUT2D eigenvalue weighted by Crippen LogP contribution is 2.21. The number of methoxy groups -OCH3 is 2. The van der Waals surface area contributed by atoms with Crippen molar-refractivity contribution in [2.24, 2.45) is 0 Å². The van der Waals surface area contributed by atoms with E-state index in [1.54, 1.807) is 13.2 Å². The highest BCUT2D eigenvalue weighted by molar-refractivity contribution is 5.66. The fraction of sp³-hybridized carbons (Fsp3) is 0.250. The molecule has 19 heavy (non-hydrogen) atoms. The van der Waals surface area contributed by atoms with Crippen LogP contribution >= 0.6 is 0 Å². The Morgan fingerprint density at radius 2 is 2.26 bits per heavy atom. The molecule has 0 fully saturated rings. The van der Waals surface area contributed by atoms with Crippen molar-refractivity contribution in [2.45, 2.75) is 6.54 Å². The van der Waals surface area contributed by atoms with E-state index in [0.717, 1.165) is 5.56 Å². The summed E-state index contributed by atoms with van der Waals surface area (Å²) in [6.45, 7) is 0.115. The van der Waals surface area contributed by atoms with Crippen LogP contribution in [-0.4, -0.2) is 30.5 Å². The molecule has 0 bridgehead atoms. The van der Waals surface area contributed by atoms with Gasteiger partial charge in [-0.3, -0.25) is 0 Å². The van der Waals surface area contributed by atoms with Crippen LogP contribution in [0.1, 0.15) is 5.89 Å². The number of rotatable bonds is 4. The van der Waals surface area contributed by atoms with Crippen molar-refractivity contribution in [3.8, 4) is 17.1 Å². The molecule has 7 heteroatoms. The van der Waals surface area contributed by atoms with Crippen LogP contribution in [0.25, 0.3) is 11.4 Å². The Bertz CT molecular complexity index is 568. The number of carbonyl (C=O) groups is 1. The number of carbonyl (C=O) groups excluding carboxylic acids is 1. The molecule has 1 aromatic heterocycles. The smallest absolute Gasteiger partial charge is 0.407 e. The van der Waals surface area contributed by atoms with E-state index in [-0.39, 0.29) is 6.54 Å². The lowest BCUT2D eigenvalue weighted by Gasteiger charge is -2.00.